The summed E-state index contributed by atoms with van der Waals surface area (Å²) in [7, 11) is 2.03. The predicted molar refractivity (Wildman–Crippen MR) is 87.7 cm³/mol. The van der Waals surface area contributed by atoms with Crippen molar-refractivity contribution in [3.8, 4) is 0 Å². The van der Waals surface area contributed by atoms with Gasteiger partial charge in [0, 0.05) is 19.7 Å². The Balaban J connectivity index is 2.18. The van der Waals surface area contributed by atoms with Crippen LogP contribution < -0.4 is 21.5 Å². The first-order valence-corrected chi connectivity index (χ1v) is 6.96. The lowest BCUT2D eigenvalue weighted by Gasteiger charge is -2.20. The predicted octanol–water partition coefficient (Wildman–Crippen LogP) is 2.60. The zero-order valence-electron chi connectivity index (χ0n) is 12.7. The van der Waals surface area contributed by atoms with Crippen molar-refractivity contribution in [2.45, 2.75) is 13.8 Å². The number of hydrogen-bond donors (Lipinski definition) is 3. The maximum absolute atomic E-state index is 5.51. The van der Waals surface area contributed by atoms with Crippen LogP contribution in [0.5, 0.6) is 0 Å². The molecule has 21 heavy (non-hydrogen) atoms. The fourth-order valence-electron chi connectivity index (χ4n) is 2.12. The second-order valence-corrected chi connectivity index (χ2v) is 5.35. The summed E-state index contributed by atoms with van der Waals surface area (Å²) in [5, 5.41) is 3.25. The smallest absolute Gasteiger partial charge is 0.135 e. The molecule has 0 atom stereocenters. The first-order chi connectivity index (χ1) is 10.1. The van der Waals surface area contributed by atoms with Crippen molar-refractivity contribution >= 4 is 23.0 Å². The van der Waals surface area contributed by atoms with Crippen LogP contribution in [0.25, 0.3) is 0 Å². The molecule has 0 saturated heterocycles. The second kappa shape index (κ2) is 6.90. The van der Waals surface area contributed by atoms with Gasteiger partial charge in [-0.3, -0.25) is 5.84 Å². The Morgan fingerprint density at radius 1 is 1.19 bits per heavy atom. The zero-order chi connectivity index (χ0) is 15.2. The van der Waals surface area contributed by atoms with E-state index in [4.69, 9.17) is 5.84 Å². The second-order valence-electron chi connectivity index (χ2n) is 5.35. The van der Waals surface area contributed by atoms with E-state index in [1.54, 1.807) is 6.33 Å². The van der Waals surface area contributed by atoms with Gasteiger partial charge in [0.25, 0.3) is 0 Å². The SMILES string of the molecule is CC(C)CN(C)c1cc(Nc2ccccc2NN)ncn1. The van der Waals surface area contributed by atoms with E-state index in [0.717, 1.165) is 29.6 Å². The molecule has 0 saturated carbocycles. The van der Waals surface area contributed by atoms with Crippen molar-refractivity contribution in [3.63, 3.8) is 0 Å². The van der Waals surface area contributed by atoms with Crippen LogP contribution in [0.2, 0.25) is 0 Å². The number of nitrogens with two attached hydrogens (primary N) is 1. The summed E-state index contributed by atoms with van der Waals surface area (Å²) in [5.41, 5.74) is 4.35. The minimum absolute atomic E-state index is 0.573. The molecule has 0 bridgehead atoms. The van der Waals surface area contributed by atoms with Gasteiger partial charge in [-0.05, 0) is 18.1 Å². The Labute approximate surface area is 125 Å². The molecule has 0 spiro atoms. The summed E-state index contributed by atoms with van der Waals surface area (Å²) >= 11 is 0. The van der Waals surface area contributed by atoms with Gasteiger partial charge in [0.1, 0.15) is 18.0 Å². The molecular weight excluding hydrogens is 264 g/mol. The third-order valence-corrected chi connectivity index (χ3v) is 3.03. The fourth-order valence-corrected chi connectivity index (χ4v) is 2.12. The summed E-state index contributed by atoms with van der Waals surface area (Å²) in [6.45, 7) is 5.30. The van der Waals surface area contributed by atoms with Crippen LogP contribution in [-0.4, -0.2) is 23.6 Å². The number of nitrogens with one attached hydrogen (secondary N) is 2. The number of nitrogens with zero attached hydrogens (tertiary/aromatic N) is 3. The van der Waals surface area contributed by atoms with Gasteiger partial charge in [-0.1, -0.05) is 26.0 Å². The summed E-state index contributed by atoms with van der Waals surface area (Å²) in [6, 6.07) is 9.62. The summed E-state index contributed by atoms with van der Waals surface area (Å²) in [5.74, 6) is 7.70. The third-order valence-electron chi connectivity index (χ3n) is 3.03. The quantitative estimate of drug-likeness (QED) is 0.559. The molecule has 1 aromatic heterocycles. The first-order valence-electron chi connectivity index (χ1n) is 6.96. The number of rotatable bonds is 6. The lowest BCUT2D eigenvalue weighted by Crippen LogP contribution is -2.23. The maximum Gasteiger partial charge on any atom is 0.135 e. The molecule has 1 heterocycles. The summed E-state index contributed by atoms with van der Waals surface area (Å²) < 4.78 is 0. The highest BCUT2D eigenvalue weighted by Crippen LogP contribution is 2.24. The van der Waals surface area contributed by atoms with E-state index in [2.05, 4.69) is 39.5 Å². The van der Waals surface area contributed by atoms with Gasteiger partial charge in [-0.25, -0.2) is 9.97 Å². The molecule has 0 amide bonds. The third kappa shape index (κ3) is 4.06. The van der Waals surface area contributed by atoms with Gasteiger partial charge in [0.2, 0.25) is 0 Å². The molecule has 0 fully saturated rings. The zero-order valence-corrected chi connectivity index (χ0v) is 12.7. The number of hydrogen-bond acceptors (Lipinski definition) is 6. The highest BCUT2D eigenvalue weighted by molar-refractivity contribution is 5.73. The van der Waals surface area contributed by atoms with Gasteiger partial charge in [-0.15, -0.1) is 0 Å². The molecule has 0 radical (unpaired) electrons. The van der Waals surface area contributed by atoms with Gasteiger partial charge >= 0.3 is 0 Å². The summed E-state index contributed by atoms with van der Waals surface area (Å²) in [6.07, 6.45) is 1.56. The van der Waals surface area contributed by atoms with Gasteiger partial charge in [0.15, 0.2) is 0 Å². The lowest BCUT2D eigenvalue weighted by molar-refractivity contribution is 0.634. The van der Waals surface area contributed by atoms with E-state index in [0.29, 0.717) is 5.92 Å². The van der Waals surface area contributed by atoms with E-state index in [9.17, 15) is 0 Å². The molecule has 0 unspecified atom stereocenters. The van der Waals surface area contributed by atoms with Crippen molar-refractivity contribution in [3.05, 3.63) is 36.7 Å². The molecule has 0 aliphatic carbocycles. The normalized spacial score (nSPS) is 10.5. The Morgan fingerprint density at radius 2 is 1.90 bits per heavy atom. The molecule has 2 rings (SSSR count). The topological polar surface area (TPSA) is 79.1 Å². The highest BCUT2D eigenvalue weighted by Gasteiger charge is 2.07. The van der Waals surface area contributed by atoms with Crippen LogP contribution in [0.4, 0.5) is 23.0 Å². The Morgan fingerprint density at radius 3 is 2.57 bits per heavy atom. The van der Waals surface area contributed by atoms with Crippen molar-refractivity contribution in [1.82, 2.24) is 9.97 Å². The van der Waals surface area contributed by atoms with E-state index in [1.165, 1.54) is 0 Å². The molecule has 6 nitrogen and oxygen atoms in total. The van der Waals surface area contributed by atoms with Crippen molar-refractivity contribution in [2.75, 3.05) is 29.2 Å². The average molecular weight is 286 g/mol. The van der Waals surface area contributed by atoms with E-state index >= 15 is 0 Å². The molecule has 1 aromatic carbocycles. The first kappa shape index (κ1) is 15.1. The number of anilines is 4. The van der Waals surface area contributed by atoms with Gasteiger partial charge in [-0.2, -0.15) is 0 Å². The van der Waals surface area contributed by atoms with Crippen LogP contribution >= 0.6 is 0 Å². The lowest BCUT2D eigenvalue weighted by atomic mass is 10.2. The van der Waals surface area contributed by atoms with Crippen molar-refractivity contribution in [2.24, 2.45) is 11.8 Å². The van der Waals surface area contributed by atoms with E-state index in [-0.39, 0.29) is 0 Å². The number of hydrazine groups is 1. The van der Waals surface area contributed by atoms with Crippen LogP contribution in [0, 0.1) is 5.92 Å². The van der Waals surface area contributed by atoms with Gasteiger partial charge in [0.05, 0.1) is 11.4 Å². The Hall–Kier alpha value is -2.34. The minimum atomic E-state index is 0.573. The number of nitrogen functional groups attached to an aromatic ring is 1. The molecule has 6 heteroatoms. The fraction of sp³-hybridized carbons (Fsp3) is 0.333. The van der Waals surface area contributed by atoms with Crippen LogP contribution in [0.1, 0.15) is 13.8 Å². The van der Waals surface area contributed by atoms with Gasteiger partial charge < -0.3 is 15.6 Å². The number of aromatic nitrogens is 2. The maximum atomic E-state index is 5.51. The molecular formula is C15H22N6. The standard InChI is InChI=1S/C15H22N6/c1-11(2)9-21(3)15-8-14(17-10-18-15)19-12-6-4-5-7-13(12)20-16/h4-8,10-11,20H,9,16H2,1-3H3,(H,17,18,19). The van der Waals surface area contributed by atoms with E-state index < -0.39 is 0 Å². The monoisotopic (exact) mass is 286 g/mol. The number of para-hydroxylation sites is 2. The minimum Gasteiger partial charge on any atom is -0.359 e. The van der Waals surface area contributed by atoms with Crippen molar-refractivity contribution in [1.29, 1.82) is 0 Å². The van der Waals surface area contributed by atoms with Crippen LogP contribution in [0.15, 0.2) is 36.7 Å². The Bertz CT molecular complexity index is 584. The highest BCUT2D eigenvalue weighted by atomic mass is 15.2. The molecule has 0 aliphatic heterocycles. The molecule has 2 aromatic rings. The van der Waals surface area contributed by atoms with Crippen LogP contribution in [-0.2, 0) is 0 Å². The number of benzene rings is 1. The van der Waals surface area contributed by atoms with Crippen molar-refractivity contribution < 1.29 is 0 Å². The van der Waals surface area contributed by atoms with Crippen LogP contribution in [0.3, 0.4) is 0 Å². The Kier molecular flexibility index (Phi) is 4.94. The molecule has 4 N–H and O–H groups in total. The molecule has 0 aliphatic rings. The van der Waals surface area contributed by atoms with E-state index in [1.807, 2.05) is 37.4 Å². The average Bonchev–Trinajstić information content (AvgIpc) is 2.47. The summed E-state index contributed by atoms with van der Waals surface area (Å²) in [4.78, 5) is 10.7. The largest absolute Gasteiger partial charge is 0.359 e. The molecule has 112 valence electrons.